The summed E-state index contributed by atoms with van der Waals surface area (Å²) in [6.45, 7) is 4.90. The van der Waals surface area contributed by atoms with Crippen LogP contribution in [0.5, 0.6) is 0 Å². The lowest BCUT2D eigenvalue weighted by Gasteiger charge is -2.20. The molecule has 1 amide bonds. The molecule has 0 heterocycles. The summed E-state index contributed by atoms with van der Waals surface area (Å²) in [5.74, 6) is -0.0123. The average molecular weight is 297 g/mol. The Morgan fingerprint density at radius 2 is 2.05 bits per heavy atom. The van der Waals surface area contributed by atoms with Crippen LogP contribution >= 0.6 is 12.4 Å². The first-order valence-electron chi connectivity index (χ1n) is 7.18. The average Bonchev–Trinajstić information content (AvgIpc) is 3.18. The predicted molar refractivity (Wildman–Crippen MR) is 85.2 cm³/mol. The molecule has 2 rings (SSSR count). The highest BCUT2D eigenvalue weighted by Gasteiger charge is 2.45. The van der Waals surface area contributed by atoms with E-state index in [0.717, 1.165) is 25.7 Å². The van der Waals surface area contributed by atoms with Crippen molar-refractivity contribution in [3.8, 4) is 0 Å². The molecule has 1 saturated carbocycles. The lowest BCUT2D eigenvalue weighted by atomic mass is 9.92. The van der Waals surface area contributed by atoms with E-state index in [1.54, 1.807) is 0 Å². The fourth-order valence-corrected chi connectivity index (χ4v) is 2.69. The number of hydrogen-bond donors (Lipinski definition) is 2. The molecule has 112 valence electrons. The largest absolute Gasteiger partial charge is 0.354 e. The lowest BCUT2D eigenvalue weighted by Crippen LogP contribution is -2.43. The van der Waals surface area contributed by atoms with Gasteiger partial charge < -0.3 is 11.1 Å². The normalized spacial score (nSPS) is 16.9. The van der Waals surface area contributed by atoms with Crippen LogP contribution in [-0.4, -0.2) is 18.5 Å². The van der Waals surface area contributed by atoms with Gasteiger partial charge in [0, 0.05) is 12.0 Å². The van der Waals surface area contributed by atoms with Gasteiger partial charge in [0.25, 0.3) is 0 Å². The van der Waals surface area contributed by atoms with Crippen molar-refractivity contribution in [3.63, 3.8) is 0 Å². The summed E-state index contributed by atoms with van der Waals surface area (Å²) in [4.78, 5) is 11.9. The second-order valence-corrected chi connectivity index (χ2v) is 5.71. The number of carbonyl (C=O) groups is 1. The van der Waals surface area contributed by atoms with Crippen LogP contribution in [0, 0.1) is 6.92 Å². The number of carbonyl (C=O) groups excluding carboxylic acids is 1. The number of hydrogen-bond acceptors (Lipinski definition) is 2. The molecule has 0 aliphatic heterocycles. The van der Waals surface area contributed by atoms with Crippen molar-refractivity contribution in [2.75, 3.05) is 6.54 Å². The van der Waals surface area contributed by atoms with E-state index in [9.17, 15) is 4.79 Å². The standard InChI is InChI=1S/C16H24N2O.ClH/c1-3-6-14(17)15(19)18-11-16(9-10-16)13-8-5-4-7-12(13)2;/h4-5,7-8,14H,3,6,9-11,17H2,1-2H3,(H,18,19);1H. The second kappa shape index (κ2) is 7.09. The van der Waals surface area contributed by atoms with Crippen molar-refractivity contribution in [1.82, 2.24) is 5.32 Å². The number of benzene rings is 1. The minimum atomic E-state index is -0.363. The highest BCUT2D eigenvalue weighted by Crippen LogP contribution is 2.48. The topological polar surface area (TPSA) is 55.1 Å². The molecule has 4 heteroatoms. The van der Waals surface area contributed by atoms with Gasteiger partial charge in [0.15, 0.2) is 0 Å². The molecule has 0 radical (unpaired) electrons. The smallest absolute Gasteiger partial charge is 0.236 e. The van der Waals surface area contributed by atoms with Gasteiger partial charge in [-0.25, -0.2) is 0 Å². The zero-order valence-corrected chi connectivity index (χ0v) is 13.1. The Bertz CT molecular complexity index is 458. The minimum Gasteiger partial charge on any atom is -0.354 e. The van der Waals surface area contributed by atoms with E-state index in [1.807, 2.05) is 6.92 Å². The molecule has 0 bridgehead atoms. The van der Waals surface area contributed by atoms with E-state index in [1.165, 1.54) is 11.1 Å². The summed E-state index contributed by atoms with van der Waals surface area (Å²) < 4.78 is 0. The molecule has 1 aliphatic rings. The fourth-order valence-electron chi connectivity index (χ4n) is 2.69. The van der Waals surface area contributed by atoms with Crippen LogP contribution in [0.3, 0.4) is 0 Å². The molecule has 1 atom stereocenters. The van der Waals surface area contributed by atoms with Gasteiger partial charge in [0.2, 0.25) is 5.91 Å². The zero-order valence-electron chi connectivity index (χ0n) is 12.3. The number of aryl methyl sites for hydroxylation is 1. The maximum atomic E-state index is 11.9. The summed E-state index contributed by atoms with van der Waals surface area (Å²) in [5, 5.41) is 3.03. The third-order valence-electron chi connectivity index (χ3n) is 4.11. The highest BCUT2D eigenvalue weighted by molar-refractivity contribution is 5.85. The SMILES string of the molecule is CCCC(N)C(=O)NCC1(c2ccccc2C)CC1.Cl. The lowest BCUT2D eigenvalue weighted by molar-refractivity contribution is -0.122. The van der Waals surface area contributed by atoms with Gasteiger partial charge in [-0.05, 0) is 37.3 Å². The van der Waals surface area contributed by atoms with Crippen molar-refractivity contribution in [2.45, 2.75) is 51.0 Å². The maximum Gasteiger partial charge on any atom is 0.236 e. The number of halogens is 1. The van der Waals surface area contributed by atoms with Crippen LogP contribution in [-0.2, 0) is 10.2 Å². The Balaban J connectivity index is 0.00000200. The van der Waals surface area contributed by atoms with Crippen LogP contribution in [0.2, 0.25) is 0 Å². The van der Waals surface area contributed by atoms with Crippen molar-refractivity contribution in [1.29, 1.82) is 0 Å². The quantitative estimate of drug-likeness (QED) is 0.848. The van der Waals surface area contributed by atoms with E-state index < -0.39 is 0 Å². The minimum absolute atomic E-state index is 0. The van der Waals surface area contributed by atoms with E-state index in [0.29, 0.717) is 6.54 Å². The van der Waals surface area contributed by atoms with Gasteiger partial charge in [-0.3, -0.25) is 4.79 Å². The Morgan fingerprint density at radius 3 is 2.60 bits per heavy atom. The van der Waals surface area contributed by atoms with Crippen molar-refractivity contribution < 1.29 is 4.79 Å². The highest BCUT2D eigenvalue weighted by atomic mass is 35.5. The number of amides is 1. The second-order valence-electron chi connectivity index (χ2n) is 5.71. The van der Waals surface area contributed by atoms with Crippen LogP contribution in [0.15, 0.2) is 24.3 Å². The molecular formula is C16H25ClN2O. The molecule has 3 nitrogen and oxygen atoms in total. The first kappa shape index (κ1) is 17.0. The summed E-state index contributed by atoms with van der Waals surface area (Å²) in [6, 6.07) is 8.09. The zero-order chi connectivity index (χ0) is 13.9. The van der Waals surface area contributed by atoms with Gasteiger partial charge >= 0.3 is 0 Å². The molecule has 3 N–H and O–H groups in total. The van der Waals surface area contributed by atoms with Crippen molar-refractivity contribution in [3.05, 3.63) is 35.4 Å². The molecule has 20 heavy (non-hydrogen) atoms. The summed E-state index contributed by atoms with van der Waals surface area (Å²) in [6.07, 6.45) is 4.00. The molecular weight excluding hydrogens is 272 g/mol. The predicted octanol–water partition coefficient (Wildman–Crippen LogP) is 2.69. The number of rotatable bonds is 6. The molecule has 0 spiro atoms. The van der Waals surface area contributed by atoms with Gasteiger partial charge in [-0.2, -0.15) is 0 Å². The monoisotopic (exact) mass is 296 g/mol. The van der Waals surface area contributed by atoms with Crippen molar-refractivity contribution in [2.24, 2.45) is 5.73 Å². The summed E-state index contributed by atoms with van der Waals surface area (Å²) in [5.41, 5.74) is 8.68. The third kappa shape index (κ3) is 3.74. The molecule has 0 aromatic heterocycles. The summed E-state index contributed by atoms with van der Waals surface area (Å²) in [7, 11) is 0. The van der Waals surface area contributed by atoms with Gasteiger partial charge in [-0.1, -0.05) is 37.6 Å². The Kier molecular flexibility index (Phi) is 6.03. The molecule has 1 fully saturated rings. The first-order chi connectivity index (χ1) is 9.09. The van der Waals surface area contributed by atoms with Crippen LogP contribution in [0.1, 0.15) is 43.7 Å². The van der Waals surface area contributed by atoms with Crippen LogP contribution < -0.4 is 11.1 Å². The van der Waals surface area contributed by atoms with E-state index in [4.69, 9.17) is 5.73 Å². The fraction of sp³-hybridized carbons (Fsp3) is 0.562. The van der Waals surface area contributed by atoms with E-state index in [-0.39, 0.29) is 29.8 Å². The van der Waals surface area contributed by atoms with Gasteiger partial charge in [0.1, 0.15) is 0 Å². The van der Waals surface area contributed by atoms with Crippen molar-refractivity contribution >= 4 is 18.3 Å². The Hall–Kier alpha value is -1.06. The third-order valence-corrected chi connectivity index (χ3v) is 4.11. The van der Waals surface area contributed by atoms with E-state index >= 15 is 0 Å². The molecule has 1 aliphatic carbocycles. The molecule has 1 aromatic carbocycles. The summed E-state index contributed by atoms with van der Waals surface area (Å²) >= 11 is 0. The Labute approximate surface area is 127 Å². The first-order valence-corrected chi connectivity index (χ1v) is 7.18. The maximum absolute atomic E-state index is 11.9. The molecule has 0 saturated heterocycles. The van der Waals surface area contributed by atoms with Crippen LogP contribution in [0.4, 0.5) is 0 Å². The van der Waals surface area contributed by atoms with E-state index in [2.05, 4.69) is 36.5 Å². The Morgan fingerprint density at radius 1 is 1.40 bits per heavy atom. The van der Waals surface area contributed by atoms with Gasteiger partial charge in [-0.15, -0.1) is 12.4 Å². The van der Waals surface area contributed by atoms with Gasteiger partial charge in [0.05, 0.1) is 6.04 Å². The van der Waals surface area contributed by atoms with Crippen LogP contribution in [0.25, 0.3) is 0 Å². The number of nitrogens with one attached hydrogen (secondary N) is 1. The molecule has 1 aromatic rings. The molecule has 1 unspecified atom stereocenters. The number of nitrogens with two attached hydrogens (primary N) is 1.